The first-order valence-corrected chi connectivity index (χ1v) is 7.61. The molecule has 1 unspecified atom stereocenters. The van der Waals surface area contributed by atoms with Crippen molar-refractivity contribution in [2.24, 2.45) is 5.92 Å². The van der Waals surface area contributed by atoms with Gasteiger partial charge in [-0.3, -0.25) is 4.21 Å². The lowest BCUT2D eigenvalue weighted by Crippen LogP contribution is -2.10. The molecule has 1 aromatic rings. The van der Waals surface area contributed by atoms with Crippen molar-refractivity contribution in [3.63, 3.8) is 0 Å². The largest absolute Gasteiger partial charge is 0.259 e. The maximum atomic E-state index is 12.0. The molecule has 17 heavy (non-hydrogen) atoms. The van der Waals surface area contributed by atoms with E-state index in [1.165, 1.54) is 25.7 Å². The quantitative estimate of drug-likeness (QED) is 0.820. The summed E-state index contributed by atoms with van der Waals surface area (Å²) in [5, 5.41) is 8.97. The topological polar surface area (TPSA) is 40.9 Å². The van der Waals surface area contributed by atoms with E-state index >= 15 is 0 Å². The van der Waals surface area contributed by atoms with Gasteiger partial charge in [-0.2, -0.15) is 5.26 Å². The van der Waals surface area contributed by atoms with Gasteiger partial charge in [0.05, 0.1) is 11.6 Å². The maximum Gasteiger partial charge on any atom is 0.0994 e. The molecule has 1 aromatic carbocycles. The fourth-order valence-electron chi connectivity index (χ4n) is 2.43. The van der Waals surface area contributed by atoms with E-state index in [2.05, 4.69) is 6.07 Å². The molecule has 90 valence electrons. The molecule has 0 aliphatic heterocycles. The summed E-state index contributed by atoms with van der Waals surface area (Å²) < 4.78 is 12.0. The Labute approximate surface area is 105 Å². The van der Waals surface area contributed by atoms with E-state index in [0.29, 0.717) is 17.2 Å². The minimum atomic E-state index is -0.824. The van der Waals surface area contributed by atoms with Gasteiger partial charge in [-0.05, 0) is 30.4 Å². The van der Waals surface area contributed by atoms with Crippen LogP contribution in [0.1, 0.15) is 36.8 Å². The van der Waals surface area contributed by atoms with Crippen molar-refractivity contribution in [1.29, 1.82) is 5.26 Å². The predicted octanol–water partition coefficient (Wildman–Crippen LogP) is 3.00. The van der Waals surface area contributed by atoms with E-state index < -0.39 is 10.8 Å². The highest BCUT2D eigenvalue weighted by atomic mass is 32.2. The summed E-state index contributed by atoms with van der Waals surface area (Å²) in [6.07, 6.45) is 5.03. The van der Waals surface area contributed by atoms with Crippen molar-refractivity contribution in [3.8, 4) is 6.07 Å². The number of hydrogen-bond donors (Lipinski definition) is 0. The molecule has 1 aliphatic carbocycles. The van der Waals surface area contributed by atoms with Crippen LogP contribution in [0.2, 0.25) is 0 Å². The van der Waals surface area contributed by atoms with Crippen LogP contribution < -0.4 is 0 Å². The van der Waals surface area contributed by atoms with Crippen molar-refractivity contribution in [2.75, 3.05) is 5.75 Å². The summed E-state index contributed by atoms with van der Waals surface area (Å²) >= 11 is 0. The first-order valence-electron chi connectivity index (χ1n) is 6.12. The van der Waals surface area contributed by atoms with Gasteiger partial charge in [-0.15, -0.1) is 0 Å². The summed E-state index contributed by atoms with van der Waals surface area (Å²) in [4.78, 5) is 0. The minimum absolute atomic E-state index is 0.528. The van der Waals surface area contributed by atoms with Crippen LogP contribution in [0.4, 0.5) is 0 Å². The van der Waals surface area contributed by atoms with Crippen LogP contribution in [0, 0.1) is 17.2 Å². The van der Waals surface area contributed by atoms with Gasteiger partial charge in [0.1, 0.15) is 0 Å². The zero-order valence-electron chi connectivity index (χ0n) is 9.89. The molecule has 0 amide bonds. The third-order valence-electron chi connectivity index (χ3n) is 3.35. The van der Waals surface area contributed by atoms with Crippen molar-refractivity contribution >= 4 is 10.8 Å². The third-order valence-corrected chi connectivity index (χ3v) is 4.83. The molecule has 0 radical (unpaired) electrons. The van der Waals surface area contributed by atoms with Crippen LogP contribution in [-0.4, -0.2) is 9.96 Å². The molecular weight excluding hydrogens is 230 g/mol. The fraction of sp³-hybridized carbons (Fsp3) is 0.500. The summed E-state index contributed by atoms with van der Waals surface area (Å²) in [5.74, 6) is 1.98. The summed E-state index contributed by atoms with van der Waals surface area (Å²) in [6.45, 7) is 0. The molecule has 1 atom stereocenters. The highest BCUT2D eigenvalue weighted by Crippen LogP contribution is 2.26. The first-order chi connectivity index (χ1) is 8.29. The molecule has 1 saturated carbocycles. The zero-order valence-corrected chi connectivity index (χ0v) is 10.7. The molecule has 0 aromatic heterocycles. The third kappa shape index (κ3) is 3.41. The molecule has 0 spiro atoms. The van der Waals surface area contributed by atoms with Gasteiger partial charge in [0.15, 0.2) is 0 Å². The van der Waals surface area contributed by atoms with E-state index in [1.807, 2.05) is 18.2 Å². The number of benzene rings is 1. The summed E-state index contributed by atoms with van der Waals surface area (Å²) in [6, 6.07) is 9.62. The van der Waals surface area contributed by atoms with E-state index in [-0.39, 0.29) is 0 Å². The predicted molar refractivity (Wildman–Crippen MR) is 69.8 cm³/mol. The molecule has 3 heteroatoms. The standard InChI is InChI=1S/C14H17NOS/c15-9-13-7-3-4-8-14(13)11-17(16)10-12-5-1-2-6-12/h3-4,7-8,12H,1-2,5-6,10-11H2. The lowest BCUT2D eigenvalue weighted by Gasteiger charge is -2.09. The second kappa shape index (κ2) is 5.97. The molecule has 0 bridgehead atoms. The van der Waals surface area contributed by atoms with Crippen LogP contribution in [0.15, 0.2) is 24.3 Å². The number of nitriles is 1. The average Bonchev–Trinajstić information content (AvgIpc) is 2.82. The van der Waals surface area contributed by atoms with E-state index in [9.17, 15) is 4.21 Å². The van der Waals surface area contributed by atoms with Gasteiger partial charge < -0.3 is 0 Å². The normalized spacial score (nSPS) is 17.8. The average molecular weight is 247 g/mol. The molecule has 0 heterocycles. The van der Waals surface area contributed by atoms with Gasteiger partial charge in [-0.25, -0.2) is 0 Å². The molecule has 1 aliphatic rings. The summed E-state index contributed by atoms with van der Waals surface area (Å²) in [7, 11) is -0.824. The van der Waals surface area contributed by atoms with Crippen molar-refractivity contribution in [3.05, 3.63) is 35.4 Å². The van der Waals surface area contributed by atoms with Gasteiger partial charge in [0, 0.05) is 22.3 Å². The molecule has 1 fully saturated rings. The lowest BCUT2D eigenvalue weighted by molar-refractivity contribution is 0.604. The molecule has 0 saturated heterocycles. The summed E-state index contributed by atoms with van der Waals surface area (Å²) in [5.41, 5.74) is 1.58. The molecule has 0 N–H and O–H groups in total. The molecular formula is C14H17NOS. The Hall–Kier alpha value is -1.14. The van der Waals surface area contributed by atoms with Gasteiger partial charge in [0.25, 0.3) is 0 Å². The highest BCUT2D eigenvalue weighted by molar-refractivity contribution is 7.84. The zero-order chi connectivity index (χ0) is 12.1. The van der Waals surface area contributed by atoms with Gasteiger partial charge in [-0.1, -0.05) is 31.0 Å². The van der Waals surface area contributed by atoms with E-state index in [1.54, 1.807) is 6.07 Å². The Kier molecular flexibility index (Phi) is 4.33. The van der Waals surface area contributed by atoms with Crippen LogP contribution in [0.25, 0.3) is 0 Å². The van der Waals surface area contributed by atoms with Gasteiger partial charge >= 0.3 is 0 Å². The van der Waals surface area contributed by atoms with E-state index in [4.69, 9.17) is 5.26 Å². The second-order valence-electron chi connectivity index (χ2n) is 4.67. The monoisotopic (exact) mass is 247 g/mol. The number of hydrogen-bond acceptors (Lipinski definition) is 2. The Morgan fingerprint density at radius 3 is 2.71 bits per heavy atom. The van der Waals surface area contributed by atoms with Crippen molar-refractivity contribution < 1.29 is 4.21 Å². The van der Waals surface area contributed by atoms with Crippen LogP contribution in [-0.2, 0) is 16.6 Å². The lowest BCUT2D eigenvalue weighted by atomic mass is 10.1. The van der Waals surface area contributed by atoms with Gasteiger partial charge in [0.2, 0.25) is 0 Å². The van der Waals surface area contributed by atoms with Crippen molar-refractivity contribution in [1.82, 2.24) is 0 Å². The van der Waals surface area contributed by atoms with Crippen LogP contribution in [0.3, 0.4) is 0 Å². The Morgan fingerprint density at radius 2 is 2.00 bits per heavy atom. The maximum absolute atomic E-state index is 12.0. The Morgan fingerprint density at radius 1 is 1.29 bits per heavy atom. The molecule has 2 nitrogen and oxygen atoms in total. The van der Waals surface area contributed by atoms with E-state index in [0.717, 1.165) is 11.3 Å². The number of rotatable bonds is 4. The smallest absolute Gasteiger partial charge is 0.0994 e. The van der Waals surface area contributed by atoms with Crippen molar-refractivity contribution in [2.45, 2.75) is 31.4 Å². The molecule has 2 rings (SSSR count). The minimum Gasteiger partial charge on any atom is -0.259 e. The van der Waals surface area contributed by atoms with Crippen LogP contribution >= 0.6 is 0 Å². The Balaban J connectivity index is 1.95. The highest BCUT2D eigenvalue weighted by Gasteiger charge is 2.18. The second-order valence-corrected chi connectivity index (χ2v) is 6.17. The SMILES string of the molecule is N#Cc1ccccc1CS(=O)CC1CCCC1. The fourth-order valence-corrected chi connectivity index (χ4v) is 4.00. The first kappa shape index (κ1) is 12.3. The number of nitrogens with zero attached hydrogens (tertiary/aromatic N) is 1. The Bertz CT molecular complexity index is 444. The van der Waals surface area contributed by atoms with Crippen LogP contribution in [0.5, 0.6) is 0 Å².